The van der Waals surface area contributed by atoms with Crippen LogP contribution in [0.1, 0.15) is 12.0 Å². The first kappa shape index (κ1) is 20.1. The summed E-state index contributed by atoms with van der Waals surface area (Å²) in [6, 6.07) is 7.67. The van der Waals surface area contributed by atoms with Crippen LogP contribution in [0.3, 0.4) is 0 Å². The Morgan fingerprint density at radius 3 is 2.67 bits per heavy atom. The van der Waals surface area contributed by atoms with Crippen LogP contribution >= 0.6 is 0 Å². The molecule has 7 nitrogen and oxygen atoms in total. The van der Waals surface area contributed by atoms with Crippen LogP contribution in [0.2, 0.25) is 0 Å². The van der Waals surface area contributed by atoms with Gasteiger partial charge in [-0.3, -0.25) is 9.69 Å². The Hall–Kier alpha value is -1.64. The molecule has 0 radical (unpaired) electrons. The van der Waals surface area contributed by atoms with Gasteiger partial charge in [0.05, 0.1) is 24.1 Å². The van der Waals surface area contributed by atoms with Gasteiger partial charge in [0.2, 0.25) is 5.91 Å². The van der Waals surface area contributed by atoms with Crippen LogP contribution in [0.4, 0.5) is 0 Å². The third-order valence-electron chi connectivity index (χ3n) is 5.30. The quantitative estimate of drug-likeness (QED) is 0.721. The van der Waals surface area contributed by atoms with Gasteiger partial charge >= 0.3 is 0 Å². The topological polar surface area (TPSA) is 70.2 Å². The number of rotatable bonds is 5. The van der Waals surface area contributed by atoms with Gasteiger partial charge in [-0.05, 0) is 33.6 Å². The molecule has 1 aromatic carbocycles. The molecule has 2 unspecified atom stereocenters. The van der Waals surface area contributed by atoms with E-state index in [9.17, 15) is 13.2 Å². The Bertz CT molecular complexity index is 781. The number of benzene rings is 1. The normalized spacial score (nSPS) is 24.6. The molecule has 0 aromatic heterocycles. The molecule has 150 valence electrons. The van der Waals surface area contributed by atoms with E-state index in [1.54, 1.807) is 0 Å². The average Bonchev–Trinajstić information content (AvgIpc) is 2.86. The Morgan fingerprint density at radius 2 is 2.00 bits per heavy atom. The fourth-order valence-electron chi connectivity index (χ4n) is 3.78. The molecule has 27 heavy (non-hydrogen) atoms. The molecule has 0 aliphatic carbocycles. The fourth-order valence-corrected chi connectivity index (χ4v) is 5.59. The van der Waals surface area contributed by atoms with Crippen molar-refractivity contribution in [2.45, 2.75) is 25.0 Å². The summed E-state index contributed by atoms with van der Waals surface area (Å²) in [5.74, 6) is 1.19. The summed E-state index contributed by atoms with van der Waals surface area (Å²) >= 11 is 0. The minimum absolute atomic E-state index is 0.00829. The van der Waals surface area contributed by atoms with Crippen molar-refractivity contribution >= 4 is 15.7 Å². The van der Waals surface area contributed by atoms with Crippen LogP contribution in [0.15, 0.2) is 24.3 Å². The lowest BCUT2D eigenvalue weighted by atomic mass is 10.1. The SMILES string of the molecule is CN(C)CC1COc2ccccc2CN1C(=O)CN(C)C1CCS(=O)(=O)C1. The van der Waals surface area contributed by atoms with Crippen molar-refractivity contribution < 1.29 is 17.9 Å². The zero-order chi connectivity index (χ0) is 19.6. The van der Waals surface area contributed by atoms with Gasteiger partial charge in [-0.25, -0.2) is 8.42 Å². The first-order valence-electron chi connectivity index (χ1n) is 9.31. The van der Waals surface area contributed by atoms with Crippen LogP contribution in [-0.2, 0) is 21.2 Å². The number of ether oxygens (including phenoxy) is 1. The van der Waals surface area contributed by atoms with Crippen molar-refractivity contribution in [3.63, 3.8) is 0 Å². The molecular weight excluding hydrogens is 366 g/mol. The van der Waals surface area contributed by atoms with Gasteiger partial charge in [-0.2, -0.15) is 0 Å². The molecule has 1 fully saturated rings. The summed E-state index contributed by atoms with van der Waals surface area (Å²) in [6.45, 7) is 1.88. The van der Waals surface area contributed by atoms with Gasteiger partial charge in [0.15, 0.2) is 9.84 Å². The van der Waals surface area contributed by atoms with E-state index in [-0.39, 0.29) is 36.0 Å². The molecule has 1 aromatic rings. The number of para-hydroxylation sites is 1. The van der Waals surface area contributed by atoms with Gasteiger partial charge in [0, 0.05) is 24.7 Å². The van der Waals surface area contributed by atoms with Gasteiger partial charge in [-0.1, -0.05) is 18.2 Å². The van der Waals surface area contributed by atoms with E-state index in [4.69, 9.17) is 4.74 Å². The minimum Gasteiger partial charge on any atom is -0.491 e. The summed E-state index contributed by atoms with van der Waals surface area (Å²) < 4.78 is 29.5. The molecule has 0 saturated carbocycles. The standard InChI is InChI=1S/C19H29N3O4S/c1-20(2)11-17-13-26-18-7-5-4-6-15(18)10-22(17)19(23)12-21(3)16-8-9-27(24,25)14-16/h4-7,16-17H,8-14H2,1-3H3. The van der Waals surface area contributed by atoms with Crippen molar-refractivity contribution in [3.8, 4) is 5.75 Å². The van der Waals surface area contributed by atoms with E-state index >= 15 is 0 Å². The maximum atomic E-state index is 13.1. The molecule has 2 aliphatic rings. The van der Waals surface area contributed by atoms with Gasteiger partial charge in [0.25, 0.3) is 0 Å². The number of amides is 1. The van der Waals surface area contributed by atoms with Crippen LogP contribution in [0, 0.1) is 0 Å². The van der Waals surface area contributed by atoms with Crippen LogP contribution in [-0.4, -0.2) is 93.5 Å². The number of sulfone groups is 1. The minimum atomic E-state index is -2.97. The molecule has 2 aliphatic heterocycles. The monoisotopic (exact) mass is 395 g/mol. The summed E-state index contributed by atoms with van der Waals surface area (Å²) in [5, 5.41) is 0. The lowest BCUT2D eigenvalue weighted by Crippen LogP contribution is -2.51. The lowest BCUT2D eigenvalue weighted by Gasteiger charge is -2.33. The molecule has 8 heteroatoms. The first-order chi connectivity index (χ1) is 12.7. The zero-order valence-electron chi connectivity index (χ0n) is 16.3. The van der Waals surface area contributed by atoms with Crippen molar-refractivity contribution in [2.24, 2.45) is 0 Å². The zero-order valence-corrected chi connectivity index (χ0v) is 17.1. The van der Waals surface area contributed by atoms with Crippen LogP contribution < -0.4 is 4.74 Å². The highest BCUT2D eigenvalue weighted by atomic mass is 32.2. The molecule has 2 heterocycles. The van der Waals surface area contributed by atoms with Crippen LogP contribution in [0.25, 0.3) is 0 Å². The largest absolute Gasteiger partial charge is 0.491 e. The van der Waals surface area contributed by atoms with E-state index < -0.39 is 9.84 Å². The van der Waals surface area contributed by atoms with Crippen LogP contribution in [0.5, 0.6) is 5.75 Å². The molecule has 0 spiro atoms. The number of hydrogen-bond acceptors (Lipinski definition) is 6. The Morgan fingerprint density at radius 1 is 1.26 bits per heavy atom. The maximum Gasteiger partial charge on any atom is 0.237 e. The molecule has 1 amide bonds. The fraction of sp³-hybridized carbons (Fsp3) is 0.632. The van der Waals surface area contributed by atoms with Gasteiger partial charge in [-0.15, -0.1) is 0 Å². The summed E-state index contributed by atoms with van der Waals surface area (Å²) in [7, 11) is 2.84. The van der Waals surface area contributed by atoms with Crippen molar-refractivity contribution in [1.82, 2.24) is 14.7 Å². The average molecular weight is 396 g/mol. The highest BCUT2D eigenvalue weighted by Gasteiger charge is 2.34. The van der Waals surface area contributed by atoms with Gasteiger partial charge in [0.1, 0.15) is 12.4 Å². The summed E-state index contributed by atoms with van der Waals surface area (Å²) in [4.78, 5) is 19.0. The van der Waals surface area contributed by atoms with Crippen molar-refractivity contribution in [2.75, 3.05) is 52.3 Å². The summed E-state index contributed by atoms with van der Waals surface area (Å²) in [5.41, 5.74) is 0.998. The highest BCUT2D eigenvalue weighted by molar-refractivity contribution is 7.91. The smallest absolute Gasteiger partial charge is 0.237 e. The second-order valence-electron chi connectivity index (χ2n) is 7.83. The Kier molecular flexibility index (Phi) is 6.08. The molecule has 3 rings (SSSR count). The van der Waals surface area contributed by atoms with E-state index in [2.05, 4.69) is 4.90 Å². The maximum absolute atomic E-state index is 13.1. The third-order valence-corrected chi connectivity index (χ3v) is 7.05. The number of nitrogens with zero attached hydrogens (tertiary/aromatic N) is 3. The van der Waals surface area contributed by atoms with Crippen molar-refractivity contribution in [1.29, 1.82) is 0 Å². The summed E-state index contributed by atoms with van der Waals surface area (Å²) in [6.07, 6.45) is 0.596. The van der Waals surface area contributed by atoms with Crippen molar-refractivity contribution in [3.05, 3.63) is 29.8 Å². The Labute approximate surface area is 161 Å². The first-order valence-corrected chi connectivity index (χ1v) is 11.1. The second-order valence-corrected chi connectivity index (χ2v) is 10.1. The van der Waals surface area contributed by atoms with E-state index in [1.807, 2.05) is 55.2 Å². The van der Waals surface area contributed by atoms with E-state index in [1.165, 1.54) is 0 Å². The lowest BCUT2D eigenvalue weighted by molar-refractivity contribution is -0.136. The number of carbonyl (C=O) groups is 1. The van der Waals surface area contributed by atoms with E-state index in [0.29, 0.717) is 26.1 Å². The highest BCUT2D eigenvalue weighted by Crippen LogP contribution is 2.25. The molecule has 1 saturated heterocycles. The predicted molar refractivity (Wildman–Crippen MR) is 105 cm³/mol. The number of likely N-dealkylation sites (N-methyl/N-ethyl adjacent to an activating group) is 2. The molecule has 2 atom stereocenters. The Balaban J connectivity index is 1.74. The van der Waals surface area contributed by atoms with E-state index in [0.717, 1.165) is 11.3 Å². The molecule has 0 N–H and O–H groups in total. The number of fused-ring (bicyclic) bond motifs is 1. The third kappa shape index (κ3) is 5.00. The number of hydrogen-bond donors (Lipinski definition) is 0. The molecule has 0 bridgehead atoms. The molecular formula is C19H29N3O4S. The second kappa shape index (κ2) is 8.16. The van der Waals surface area contributed by atoms with Gasteiger partial charge < -0.3 is 14.5 Å². The predicted octanol–water partition coefficient (Wildman–Crippen LogP) is 0.457. The number of carbonyl (C=O) groups excluding carboxylic acids is 1.